The maximum atomic E-state index is 4.69. The van der Waals surface area contributed by atoms with E-state index in [0.717, 1.165) is 45.9 Å². The van der Waals surface area contributed by atoms with Crippen molar-refractivity contribution >= 4 is 21.6 Å². The third-order valence-electron chi connectivity index (χ3n) is 3.13. The molecule has 0 spiro atoms. The number of halogens is 1. The molecule has 0 aliphatic heterocycles. The molecule has 102 valence electrons. The van der Waals surface area contributed by atoms with Crippen LogP contribution in [0.2, 0.25) is 0 Å². The average Bonchev–Trinajstić information content (AvgIpc) is 2.78. The van der Waals surface area contributed by atoms with Gasteiger partial charge in [-0.3, -0.25) is 0 Å². The summed E-state index contributed by atoms with van der Waals surface area (Å²) in [5.41, 5.74) is 2.81. The molecule has 0 saturated heterocycles. The minimum absolute atomic E-state index is 0.779. The van der Waals surface area contributed by atoms with Crippen LogP contribution in [0.5, 0.6) is 0 Å². The summed E-state index contributed by atoms with van der Waals surface area (Å²) in [7, 11) is 0. The molecule has 0 aliphatic carbocycles. The standard InChI is InChI=1S/C15H15BrN4/c1-3-7-12-17-10(2)18-15-13(16)14(19-20(12)15)11-8-5-4-6-9-11/h4-6,8-9H,3,7H2,1-2H3. The first-order chi connectivity index (χ1) is 9.70. The number of hydrogen-bond acceptors (Lipinski definition) is 3. The molecule has 0 fully saturated rings. The van der Waals surface area contributed by atoms with Crippen molar-refractivity contribution in [1.82, 2.24) is 19.6 Å². The van der Waals surface area contributed by atoms with E-state index >= 15 is 0 Å². The van der Waals surface area contributed by atoms with Gasteiger partial charge in [-0.05, 0) is 29.3 Å². The number of nitrogens with zero attached hydrogens (tertiary/aromatic N) is 4. The highest BCUT2D eigenvalue weighted by Gasteiger charge is 2.16. The lowest BCUT2D eigenvalue weighted by Crippen LogP contribution is -2.06. The van der Waals surface area contributed by atoms with Gasteiger partial charge >= 0.3 is 0 Å². The molecule has 4 nitrogen and oxygen atoms in total. The number of aromatic nitrogens is 4. The molecular weight excluding hydrogens is 316 g/mol. The lowest BCUT2D eigenvalue weighted by molar-refractivity contribution is 0.737. The van der Waals surface area contributed by atoms with Crippen molar-refractivity contribution in [2.75, 3.05) is 0 Å². The van der Waals surface area contributed by atoms with Crippen LogP contribution in [0.25, 0.3) is 16.9 Å². The molecule has 0 aliphatic rings. The summed E-state index contributed by atoms with van der Waals surface area (Å²) in [5.74, 6) is 1.74. The van der Waals surface area contributed by atoms with Gasteiger partial charge in [0.25, 0.3) is 0 Å². The molecule has 0 saturated carbocycles. The van der Waals surface area contributed by atoms with E-state index in [2.05, 4.69) is 37.9 Å². The SMILES string of the molecule is CCCc1nc(C)nc2c(Br)c(-c3ccccc3)nn12. The van der Waals surface area contributed by atoms with Gasteiger partial charge in [-0.25, -0.2) is 9.97 Å². The summed E-state index contributed by atoms with van der Waals surface area (Å²) in [4.78, 5) is 9.01. The Kier molecular flexibility index (Phi) is 3.53. The van der Waals surface area contributed by atoms with E-state index in [1.807, 2.05) is 41.8 Å². The highest BCUT2D eigenvalue weighted by Crippen LogP contribution is 2.30. The second-order valence-corrected chi connectivity index (χ2v) is 5.49. The summed E-state index contributed by atoms with van der Waals surface area (Å²) in [6, 6.07) is 10.1. The van der Waals surface area contributed by atoms with E-state index < -0.39 is 0 Å². The van der Waals surface area contributed by atoms with Crippen molar-refractivity contribution in [1.29, 1.82) is 0 Å². The predicted octanol–water partition coefficient (Wildman–Crippen LogP) is 3.81. The zero-order valence-electron chi connectivity index (χ0n) is 11.5. The van der Waals surface area contributed by atoms with Gasteiger partial charge in [0, 0.05) is 12.0 Å². The highest BCUT2D eigenvalue weighted by molar-refractivity contribution is 9.10. The number of hydrogen-bond donors (Lipinski definition) is 0. The summed E-state index contributed by atoms with van der Waals surface area (Å²) in [6.07, 6.45) is 1.92. The molecule has 0 radical (unpaired) electrons. The summed E-state index contributed by atoms with van der Waals surface area (Å²) in [6.45, 7) is 4.06. The first-order valence-corrected chi connectivity index (χ1v) is 7.47. The first-order valence-electron chi connectivity index (χ1n) is 6.68. The minimum Gasteiger partial charge on any atom is -0.218 e. The summed E-state index contributed by atoms with van der Waals surface area (Å²) < 4.78 is 2.77. The molecule has 0 atom stereocenters. The van der Waals surface area contributed by atoms with Crippen molar-refractivity contribution in [3.05, 3.63) is 46.5 Å². The summed E-state index contributed by atoms with van der Waals surface area (Å²) in [5, 5.41) is 4.69. The Morgan fingerprint density at radius 1 is 1.15 bits per heavy atom. The maximum absolute atomic E-state index is 4.69. The monoisotopic (exact) mass is 330 g/mol. The fourth-order valence-electron chi connectivity index (χ4n) is 2.24. The van der Waals surface area contributed by atoms with E-state index in [9.17, 15) is 0 Å². The second kappa shape index (κ2) is 5.32. The molecule has 0 bridgehead atoms. The molecular formula is C15H15BrN4. The third kappa shape index (κ3) is 2.22. The lowest BCUT2D eigenvalue weighted by Gasteiger charge is -2.02. The molecule has 0 amide bonds. The Morgan fingerprint density at radius 3 is 2.60 bits per heavy atom. The Balaban J connectivity index is 2.26. The van der Waals surface area contributed by atoms with Crippen LogP contribution in [0.4, 0.5) is 0 Å². The van der Waals surface area contributed by atoms with Crippen LogP contribution in [0.3, 0.4) is 0 Å². The third-order valence-corrected chi connectivity index (χ3v) is 3.86. The van der Waals surface area contributed by atoms with Crippen LogP contribution in [-0.2, 0) is 6.42 Å². The maximum Gasteiger partial charge on any atom is 0.174 e. The van der Waals surface area contributed by atoms with Crippen LogP contribution in [-0.4, -0.2) is 19.6 Å². The molecule has 2 heterocycles. The Hall–Kier alpha value is -1.75. The van der Waals surface area contributed by atoms with Gasteiger partial charge in [0.1, 0.15) is 17.3 Å². The van der Waals surface area contributed by atoms with Gasteiger partial charge < -0.3 is 0 Å². The van der Waals surface area contributed by atoms with Gasteiger partial charge in [0.15, 0.2) is 5.65 Å². The second-order valence-electron chi connectivity index (χ2n) is 4.70. The molecule has 3 rings (SSSR count). The van der Waals surface area contributed by atoms with Crippen LogP contribution in [0, 0.1) is 6.92 Å². The Labute approximate surface area is 126 Å². The molecule has 1 aromatic carbocycles. The first kappa shape index (κ1) is 13.2. The van der Waals surface area contributed by atoms with Gasteiger partial charge in [0.05, 0.1) is 4.47 Å². The normalized spacial score (nSPS) is 11.2. The van der Waals surface area contributed by atoms with Crippen molar-refractivity contribution < 1.29 is 0 Å². The van der Waals surface area contributed by atoms with Gasteiger partial charge in [-0.1, -0.05) is 37.3 Å². The summed E-state index contributed by atoms with van der Waals surface area (Å²) >= 11 is 3.63. The van der Waals surface area contributed by atoms with Crippen molar-refractivity contribution in [2.45, 2.75) is 26.7 Å². The number of aryl methyl sites for hydroxylation is 2. The van der Waals surface area contributed by atoms with Crippen LogP contribution in [0.1, 0.15) is 25.0 Å². The number of fused-ring (bicyclic) bond motifs is 1. The Bertz CT molecular complexity index is 749. The van der Waals surface area contributed by atoms with E-state index in [0.29, 0.717) is 0 Å². The fourth-order valence-corrected chi connectivity index (χ4v) is 2.81. The molecule has 3 aromatic rings. The lowest BCUT2D eigenvalue weighted by atomic mass is 10.2. The zero-order valence-corrected chi connectivity index (χ0v) is 13.1. The smallest absolute Gasteiger partial charge is 0.174 e. The topological polar surface area (TPSA) is 43.1 Å². The number of benzene rings is 1. The van der Waals surface area contributed by atoms with E-state index in [4.69, 9.17) is 0 Å². The molecule has 0 unspecified atom stereocenters. The number of rotatable bonds is 3. The molecule has 20 heavy (non-hydrogen) atoms. The van der Waals surface area contributed by atoms with E-state index in [1.54, 1.807) is 0 Å². The van der Waals surface area contributed by atoms with Crippen molar-refractivity contribution in [3.8, 4) is 11.3 Å². The highest BCUT2D eigenvalue weighted by atomic mass is 79.9. The van der Waals surface area contributed by atoms with Crippen molar-refractivity contribution in [2.24, 2.45) is 0 Å². The fraction of sp³-hybridized carbons (Fsp3) is 0.267. The molecule has 5 heteroatoms. The van der Waals surface area contributed by atoms with Gasteiger partial charge in [-0.15, -0.1) is 0 Å². The van der Waals surface area contributed by atoms with Gasteiger partial charge in [-0.2, -0.15) is 9.61 Å². The van der Waals surface area contributed by atoms with Crippen LogP contribution < -0.4 is 0 Å². The quantitative estimate of drug-likeness (QED) is 0.733. The Morgan fingerprint density at radius 2 is 1.90 bits per heavy atom. The molecule has 2 aromatic heterocycles. The van der Waals surface area contributed by atoms with Crippen LogP contribution >= 0.6 is 15.9 Å². The average molecular weight is 331 g/mol. The largest absolute Gasteiger partial charge is 0.218 e. The van der Waals surface area contributed by atoms with Gasteiger partial charge in [0.2, 0.25) is 0 Å². The molecule has 0 N–H and O–H groups in total. The van der Waals surface area contributed by atoms with Crippen LogP contribution in [0.15, 0.2) is 34.8 Å². The van der Waals surface area contributed by atoms with E-state index in [-0.39, 0.29) is 0 Å². The van der Waals surface area contributed by atoms with E-state index in [1.165, 1.54) is 0 Å². The van der Waals surface area contributed by atoms with Crippen molar-refractivity contribution in [3.63, 3.8) is 0 Å². The minimum atomic E-state index is 0.779. The predicted molar refractivity (Wildman–Crippen MR) is 82.7 cm³/mol. The zero-order chi connectivity index (χ0) is 14.1.